The van der Waals surface area contributed by atoms with E-state index < -0.39 is 10.0 Å². The lowest BCUT2D eigenvalue weighted by molar-refractivity contribution is 0.0279. The molecule has 2 aliphatic rings. The summed E-state index contributed by atoms with van der Waals surface area (Å²) in [6.45, 7) is 6.15. The van der Waals surface area contributed by atoms with Crippen molar-refractivity contribution in [3.63, 3.8) is 0 Å². The molecule has 1 amide bonds. The number of nitrogens with zero attached hydrogens (tertiary/aromatic N) is 3. The highest BCUT2D eigenvalue weighted by molar-refractivity contribution is 7.93. The number of hydrogen-bond acceptors (Lipinski definition) is 6. The Morgan fingerprint density at radius 1 is 1.11 bits per heavy atom. The third-order valence-electron chi connectivity index (χ3n) is 6.73. The fourth-order valence-corrected chi connectivity index (χ4v) is 6.17. The van der Waals surface area contributed by atoms with Crippen LogP contribution in [0.2, 0.25) is 0 Å². The Morgan fingerprint density at radius 2 is 1.91 bits per heavy atom. The molecule has 2 aliphatic heterocycles. The van der Waals surface area contributed by atoms with Crippen LogP contribution in [0.15, 0.2) is 65.7 Å². The zero-order valence-corrected chi connectivity index (χ0v) is 20.6. The highest BCUT2D eigenvalue weighted by Crippen LogP contribution is 2.24. The number of carbonyl (C=O) groups excluding carboxylic acids is 1. The molecule has 1 aromatic heterocycles. The summed E-state index contributed by atoms with van der Waals surface area (Å²) in [5, 5.41) is 0.751. The van der Waals surface area contributed by atoms with E-state index in [1.54, 1.807) is 42.6 Å². The van der Waals surface area contributed by atoms with E-state index in [0.29, 0.717) is 29.4 Å². The Kier molecular flexibility index (Phi) is 6.73. The van der Waals surface area contributed by atoms with Crippen LogP contribution < -0.4 is 4.72 Å². The van der Waals surface area contributed by atoms with Gasteiger partial charge in [-0.2, -0.15) is 0 Å². The number of sulfonamides is 1. The maximum Gasteiger partial charge on any atom is 0.264 e. The maximum atomic E-state index is 13.2. The number of fused-ring (bicyclic) bond motifs is 1. The molecule has 184 valence electrons. The average molecular weight is 495 g/mol. The van der Waals surface area contributed by atoms with Crippen molar-refractivity contribution in [3.05, 3.63) is 66.4 Å². The van der Waals surface area contributed by atoms with Crippen LogP contribution >= 0.6 is 0 Å². The number of para-hydroxylation sites is 1. The van der Waals surface area contributed by atoms with Gasteiger partial charge in [0, 0.05) is 61.7 Å². The lowest BCUT2D eigenvalue weighted by Gasteiger charge is -2.40. The van der Waals surface area contributed by atoms with E-state index in [2.05, 4.69) is 21.5 Å². The molecule has 2 atom stereocenters. The first-order chi connectivity index (χ1) is 16.9. The van der Waals surface area contributed by atoms with E-state index in [1.165, 1.54) is 6.07 Å². The Bertz CT molecular complexity index is 1300. The van der Waals surface area contributed by atoms with Crippen LogP contribution in [0.1, 0.15) is 30.1 Å². The van der Waals surface area contributed by atoms with Gasteiger partial charge in [-0.15, -0.1) is 0 Å². The molecule has 0 unspecified atom stereocenters. The first-order valence-electron chi connectivity index (χ1n) is 12.0. The third-order valence-corrected chi connectivity index (χ3v) is 8.14. The molecule has 3 aromatic rings. The number of aromatic nitrogens is 1. The first-order valence-corrected chi connectivity index (χ1v) is 13.5. The molecule has 9 heteroatoms. The Morgan fingerprint density at radius 3 is 2.66 bits per heavy atom. The molecule has 2 saturated heterocycles. The molecule has 0 bridgehead atoms. The van der Waals surface area contributed by atoms with E-state index in [4.69, 9.17) is 4.74 Å². The lowest BCUT2D eigenvalue weighted by atomic mass is 10.1. The van der Waals surface area contributed by atoms with E-state index in [9.17, 15) is 13.2 Å². The second-order valence-electron chi connectivity index (χ2n) is 9.26. The highest BCUT2D eigenvalue weighted by atomic mass is 32.2. The van der Waals surface area contributed by atoms with Gasteiger partial charge >= 0.3 is 0 Å². The van der Waals surface area contributed by atoms with Crippen LogP contribution in [0.5, 0.6) is 0 Å². The summed E-state index contributed by atoms with van der Waals surface area (Å²) in [5.74, 6) is -0.0399. The second kappa shape index (κ2) is 9.93. The molecule has 3 heterocycles. The smallest absolute Gasteiger partial charge is 0.264 e. The standard InChI is InChI=1S/C26H30N4O4S/c1-19-17-29(18-23-7-4-16-34-23)14-15-30(19)26(31)21-9-11-22(12-10-21)28-35(32,33)24-8-2-5-20-6-3-13-27-25(20)24/h2-3,5-6,8-13,19,23,28H,4,7,14-18H2,1H3/t19-,23+/m0/s1. The molecule has 0 saturated carbocycles. The summed E-state index contributed by atoms with van der Waals surface area (Å²) in [4.78, 5) is 21.8. The predicted molar refractivity (Wildman–Crippen MR) is 135 cm³/mol. The van der Waals surface area contributed by atoms with Crippen molar-refractivity contribution in [2.75, 3.05) is 37.5 Å². The molecule has 0 radical (unpaired) electrons. The molecule has 0 spiro atoms. The SMILES string of the molecule is C[C@H]1CN(C[C@H]2CCCO2)CCN1C(=O)c1ccc(NS(=O)(=O)c2cccc3cccnc23)cc1. The van der Waals surface area contributed by atoms with Crippen molar-refractivity contribution in [2.45, 2.75) is 36.8 Å². The van der Waals surface area contributed by atoms with Crippen LogP contribution in [0, 0.1) is 0 Å². The van der Waals surface area contributed by atoms with Gasteiger partial charge in [0.05, 0.1) is 11.6 Å². The van der Waals surface area contributed by atoms with Gasteiger partial charge in [-0.05, 0) is 56.2 Å². The number of ether oxygens (including phenoxy) is 1. The van der Waals surface area contributed by atoms with Gasteiger partial charge in [0.15, 0.2) is 0 Å². The number of benzene rings is 2. The van der Waals surface area contributed by atoms with E-state index in [0.717, 1.165) is 44.5 Å². The quantitative estimate of drug-likeness (QED) is 0.565. The summed E-state index contributed by atoms with van der Waals surface area (Å²) in [5.41, 5.74) is 1.35. The predicted octanol–water partition coefficient (Wildman–Crippen LogP) is 3.36. The monoisotopic (exact) mass is 494 g/mol. The zero-order chi connectivity index (χ0) is 24.4. The van der Waals surface area contributed by atoms with E-state index in [-0.39, 0.29) is 16.8 Å². The van der Waals surface area contributed by atoms with Crippen molar-refractivity contribution in [1.82, 2.24) is 14.8 Å². The first kappa shape index (κ1) is 23.7. The zero-order valence-electron chi connectivity index (χ0n) is 19.8. The van der Waals surface area contributed by atoms with Crippen molar-refractivity contribution in [3.8, 4) is 0 Å². The Hall–Kier alpha value is -3.01. The number of rotatable bonds is 6. The van der Waals surface area contributed by atoms with Crippen LogP contribution in [-0.2, 0) is 14.8 Å². The number of nitrogens with one attached hydrogen (secondary N) is 1. The number of amides is 1. The number of piperazine rings is 1. The molecular weight excluding hydrogens is 464 g/mol. The fraction of sp³-hybridized carbons (Fsp3) is 0.385. The van der Waals surface area contributed by atoms with Gasteiger partial charge in [0.2, 0.25) is 0 Å². The minimum absolute atomic E-state index is 0.0399. The van der Waals surface area contributed by atoms with Crippen molar-refractivity contribution in [2.24, 2.45) is 0 Å². The third kappa shape index (κ3) is 5.17. The topological polar surface area (TPSA) is 91.8 Å². The minimum atomic E-state index is -3.84. The van der Waals surface area contributed by atoms with Crippen LogP contribution in [0.3, 0.4) is 0 Å². The minimum Gasteiger partial charge on any atom is -0.377 e. The van der Waals surface area contributed by atoms with Crippen LogP contribution in [-0.4, -0.2) is 74.0 Å². The second-order valence-corrected chi connectivity index (χ2v) is 10.9. The summed E-state index contributed by atoms with van der Waals surface area (Å²) < 4.78 is 34.4. The molecule has 1 N–H and O–H groups in total. The van der Waals surface area contributed by atoms with Crippen molar-refractivity contribution < 1.29 is 17.9 Å². The molecule has 2 fully saturated rings. The summed E-state index contributed by atoms with van der Waals surface area (Å²) in [7, 11) is -3.84. The molecule has 8 nitrogen and oxygen atoms in total. The van der Waals surface area contributed by atoms with Crippen LogP contribution in [0.25, 0.3) is 10.9 Å². The lowest BCUT2D eigenvalue weighted by Crippen LogP contribution is -2.55. The van der Waals surface area contributed by atoms with Gasteiger partial charge in [-0.3, -0.25) is 19.4 Å². The van der Waals surface area contributed by atoms with Crippen LogP contribution in [0.4, 0.5) is 5.69 Å². The average Bonchev–Trinajstić information content (AvgIpc) is 3.37. The number of anilines is 1. The summed E-state index contributed by atoms with van der Waals surface area (Å²) >= 11 is 0. The fourth-order valence-electron chi connectivity index (χ4n) is 4.93. The van der Waals surface area contributed by atoms with Gasteiger partial charge in [-0.25, -0.2) is 8.42 Å². The van der Waals surface area contributed by atoms with Crippen molar-refractivity contribution in [1.29, 1.82) is 0 Å². The summed E-state index contributed by atoms with van der Waals surface area (Å²) in [6.07, 6.45) is 4.13. The van der Waals surface area contributed by atoms with Gasteiger partial charge < -0.3 is 9.64 Å². The number of carbonyl (C=O) groups is 1. The normalized spacial score (nSPS) is 21.3. The largest absolute Gasteiger partial charge is 0.377 e. The van der Waals surface area contributed by atoms with Gasteiger partial charge in [-0.1, -0.05) is 18.2 Å². The molecular formula is C26H30N4O4S. The van der Waals surface area contributed by atoms with E-state index >= 15 is 0 Å². The maximum absolute atomic E-state index is 13.2. The highest BCUT2D eigenvalue weighted by Gasteiger charge is 2.30. The molecule has 5 rings (SSSR count). The molecule has 0 aliphatic carbocycles. The number of pyridine rings is 1. The van der Waals surface area contributed by atoms with Crippen molar-refractivity contribution >= 4 is 32.5 Å². The Labute approximate surface area is 205 Å². The number of hydrogen-bond donors (Lipinski definition) is 1. The molecule has 2 aromatic carbocycles. The molecule has 35 heavy (non-hydrogen) atoms. The Balaban J connectivity index is 1.24. The van der Waals surface area contributed by atoms with Gasteiger partial charge in [0.25, 0.3) is 15.9 Å². The summed E-state index contributed by atoms with van der Waals surface area (Å²) in [6, 6.07) is 15.3. The van der Waals surface area contributed by atoms with E-state index in [1.807, 2.05) is 17.0 Å². The van der Waals surface area contributed by atoms with Gasteiger partial charge in [0.1, 0.15) is 4.90 Å².